The summed E-state index contributed by atoms with van der Waals surface area (Å²) in [5.41, 5.74) is 24.5. The van der Waals surface area contributed by atoms with Crippen molar-refractivity contribution in [3.63, 3.8) is 0 Å². The molecule has 76 heavy (non-hydrogen) atoms. The van der Waals surface area contributed by atoms with E-state index in [0.29, 0.717) is 23.5 Å². The van der Waals surface area contributed by atoms with Gasteiger partial charge in [-0.3, -0.25) is 0 Å². The largest absolute Gasteiger partial charge is 0.481 e. The fourth-order valence-electron chi connectivity index (χ4n) is 12.2. The molecule has 392 valence electrons. The van der Waals surface area contributed by atoms with Gasteiger partial charge in [0.1, 0.15) is 0 Å². The zero-order valence-electron chi connectivity index (χ0n) is 47.5. The molecule has 0 amide bonds. The van der Waals surface area contributed by atoms with Crippen LogP contribution >= 0.6 is 15.8 Å². The van der Waals surface area contributed by atoms with Crippen LogP contribution in [0.15, 0.2) is 109 Å². The van der Waals surface area contributed by atoms with Gasteiger partial charge in [0.05, 0.1) is 39.6 Å². The number of ether oxygens (including phenoxy) is 4. The molecule has 8 heteroatoms. The highest BCUT2D eigenvalue weighted by Gasteiger charge is 2.35. The molecule has 0 radical (unpaired) electrons. The number of methoxy groups -OCH3 is 4. The summed E-state index contributed by atoms with van der Waals surface area (Å²) < 4.78 is 21.2. The molecule has 0 unspecified atom stereocenters. The summed E-state index contributed by atoms with van der Waals surface area (Å²) in [6, 6.07) is 42.0. The molecule has 10 rings (SSSR count). The predicted octanol–water partition coefficient (Wildman–Crippen LogP) is 13.9. The van der Waals surface area contributed by atoms with Gasteiger partial charge in [0.2, 0.25) is 23.5 Å². The molecule has 6 nitrogen and oxygen atoms in total. The Hall–Kier alpha value is -6.32. The molecule has 2 heterocycles. The van der Waals surface area contributed by atoms with Gasteiger partial charge in [-0.05, 0) is 257 Å². The van der Waals surface area contributed by atoms with Crippen molar-refractivity contribution in [2.24, 2.45) is 0 Å². The lowest BCUT2D eigenvalue weighted by Crippen LogP contribution is -2.33. The second-order valence-electron chi connectivity index (χ2n) is 21.0. The molecule has 0 saturated heterocycles. The van der Waals surface area contributed by atoms with E-state index >= 15 is 0 Å². The van der Waals surface area contributed by atoms with E-state index in [1.807, 2.05) is 26.0 Å². The van der Waals surface area contributed by atoms with Gasteiger partial charge in [-0.25, -0.2) is 0 Å². The van der Waals surface area contributed by atoms with E-state index in [2.05, 4.69) is 162 Å². The van der Waals surface area contributed by atoms with Crippen LogP contribution in [0, 0.1) is 69.2 Å². The molecule has 0 saturated carbocycles. The topological polar surface area (TPSA) is 62.7 Å². The first-order valence-electron chi connectivity index (χ1n) is 27.1. The lowest BCUT2D eigenvalue weighted by atomic mass is 9.81. The van der Waals surface area contributed by atoms with Crippen molar-refractivity contribution in [3.05, 3.63) is 187 Å². The van der Waals surface area contributed by atoms with Crippen molar-refractivity contribution < 1.29 is 18.9 Å². The Morgan fingerprint density at radius 1 is 0.329 bits per heavy atom. The van der Waals surface area contributed by atoms with Crippen LogP contribution in [0.3, 0.4) is 0 Å². The summed E-state index contributed by atoms with van der Waals surface area (Å²) in [5, 5.41) is 9.30. The highest BCUT2D eigenvalue weighted by atomic mass is 31.1. The maximum atomic E-state index is 5.43. The van der Waals surface area contributed by atoms with Crippen LogP contribution in [-0.4, -0.2) is 38.4 Å². The van der Waals surface area contributed by atoms with Crippen molar-refractivity contribution in [2.75, 3.05) is 28.4 Å². The van der Waals surface area contributed by atoms with Crippen molar-refractivity contribution in [1.29, 1.82) is 0 Å². The third kappa shape index (κ3) is 10.5. The SMILES string of the molecule is COc1cc(C)c(-c2c(C)cc(OC)nc2OC)c(OC)n1.Cc1cccc(C)c1P(c1ccc2c(c1-c1c(P(c3c(C)cccc3C)c3c(C)cccc3C)ccc3c1CCCC3)CCCC2)c1c(C)cccc1C. The minimum absolute atomic E-state index is 0.463. The monoisotopic (exact) mass is 1050 g/mol. The van der Waals surface area contributed by atoms with Crippen molar-refractivity contribution in [3.8, 4) is 45.8 Å². The molecule has 0 fully saturated rings. The first-order chi connectivity index (χ1) is 36.7. The van der Waals surface area contributed by atoms with Gasteiger partial charge in [0.25, 0.3) is 0 Å². The first-order valence-corrected chi connectivity index (χ1v) is 29.7. The van der Waals surface area contributed by atoms with Crippen molar-refractivity contribution >= 4 is 47.7 Å². The second-order valence-corrected chi connectivity index (χ2v) is 25.1. The normalized spacial score (nSPS) is 12.9. The van der Waals surface area contributed by atoms with E-state index in [9.17, 15) is 0 Å². The molecule has 2 aliphatic carbocycles. The van der Waals surface area contributed by atoms with E-state index in [0.717, 1.165) is 35.1 Å². The van der Waals surface area contributed by atoms with Gasteiger partial charge < -0.3 is 18.9 Å². The molecule has 6 aromatic carbocycles. The fraction of sp³-hybridized carbons (Fsp3) is 0.324. The Morgan fingerprint density at radius 2 is 0.618 bits per heavy atom. The standard InChI is InChI=1S/C52H56P2.C16H20N2O4/c1-33-17-13-18-34(2)49(33)53(50-35(3)19-14-20-36(50)4)45-31-29-41-25-9-11-27-43(41)47(45)48-44-28-12-10-26-42(44)30-32-46(48)54(51-37(5)21-15-22-38(51)6)52-39(7)23-16-24-40(52)8;1-9-7-11(19-3)17-15(21-5)13(9)14-10(2)8-12(20-4)18-16(14)22-6/h13-24,29-32H,9-12,25-28H2,1-8H3;7-8H,1-6H3. The Bertz CT molecular complexity index is 3060. The van der Waals surface area contributed by atoms with E-state index in [1.165, 1.54) is 83.0 Å². The van der Waals surface area contributed by atoms with Gasteiger partial charge >= 0.3 is 0 Å². The molecule has 0 spiro atoms. The first kappa shape index (κ1) is 54.5. The Kier molecular flexibility index (Phi) is 16.8. The summed E-state index contributed by atoms with van der Waals surface area (Å²) in [4.78, 5) is 8.69. The Balaban J connectivity index is 0.000000269. The second kappa shape index (κ2) is 23.5. The molecule has 0 N–H and O–H groups in total. The quantitative estimate of drug-likeness (QED) is 0.114. The van der Waals surface area contributed by atoms with Gasteiger partial charge in [-0.1, -0.05) is 97.1 Å². The van der Waals surface area contributed by atoms with Crippen molar-refractivity contribution in [2.45, 2.75) is 121 Å². The minimum atomic E-state index is -0.860. The number of aryl methyl sites for hydroxylation is 12. The summed E-state index contributed by atoms with van der Waals surface area (Å²) in [7, 11) is 4.57. The van der Waals surface area contributed by atoms with Crippen LogP contribution in [0.5, 0.6) is 23.5 Å². The zero-order valence-corrected chi connectivity index (χ0v) is 49.3. The van der Waals surface area contributed by atoms with E-state index in [1.54, 1.807) is 93.6 Å². The number of hydrogen-bond donors (Lipinski definition) is 0. The van der Waals surface area contributed by atoms with Gasteiger partial charge in [0.15, 0.2) is 0 Å². The fourth-order valence-corrected chi connectivity index (χ4v) is 18.5. The van der Waals surface area contributed by atoms with E-state index < -0.39 is 15.8 Å². The van der Waals surface area contributed by atoms with Gasteiger partial charge in [0, 0.05) is 12.1 Å². The molecular formula is C68H76N2O4P2. The average Bonchev–Trinajstić information content (AvgIpc) is 3.45. The highest BCUT2D eigenvalue weighted by molar-refractivity contribution is 7.81. The molecule has 2 aromatic heterocycles. The smallest absolute Gasteiger partial charge is 0.224 e. The minimum Gasteiger partial charge on any atom is -0.481 e. The van der Waals surface area contributed by atoms with Gasteiger partial charge in [-0.15, -0.1) is 0 Å². The molecular weight excluding hydrogens is 971 g/mol. The zero-order chi connectivity index (χ0) is 53.9. The number of nitrogens with zero attached hydrogens (tertiary/aromatic N) is 2. The lowest BCUT2D eigenvalue weighted by Gasteiger charge is -2.35. The Labute approximate surface area is 456 Å². The third-order valence-electron chi connectivity index (χ3n) is 15.8. The summed E-state index contributed by atoms with van der Waals surface area (Å²) in [6.45, 7) is 22.8. The summed E-state index contributed by atoms with van der Waals surface area (Å²) in [5.74, 6) is 1.92. The van der Waals surface area contributed by atoms with Crippen LogP contribution in [0.1, 0.15) is 104 Å². The van der Waals surface area contributed by atoms with E-state index in [-0.39, 0.29) is 0 Å². The molecule has 0 bridgehead atoms. The number of fused-ring (bicyclic) bond motifs is 2. The highest BCUT2D eigenvalue weighted by Crippen LogP contribution is 2.49. The number of pyridine rings is 2. The molecule has 0 aliphatic heterocycles. The molecule has 0 atom stereocenters. The van der Waals surface area contributed by atoms with Crippen LogP contribution in [-0.2, 0) is 25.7 Å². The predicted molar refractivity (Wildman–Crippen MR) is 324 cm³/mol. The molecule has 8 aromatic rings. The maximum Gasteiger partial charge on any atom is 0.224 e. The summed E-state index contributed by atoms with van der Waals surface area (Å²) >= 11 is 0. The number of benzene rings is 6. The van der Waals surface area contributed by atoms with Crippen LogP contribution < -0.4 is 50.8 Å². The van der Waals surface area contributed by atoms with Crippen molar-refractivity contribution in [1.82, 2.24) is 9.97 Å². The van der Waals surface area contributed by atoms with Crippen LogP contribution in [0.4, 0.5) is 0 Å². The third-order valence-corrected chi connectivity index (χ3v) is 22.1. The number of aromatic nitrogens is 2. The Morgan fingerprint density at radius 3 is 0.895 bits per heavy atom. The number of rotatable bonds is 12. The van der Waals surface area contributed by atoms with E-state index in [4.69, 9.17) is 18.9 Å². The lowest BCUT2D eigenvalue weighted by molar-refractivity contribution is 0.360. The average molecular weight is 1050 g/mol. The molecule has 2 aliphatic rings. The van der Waals surface area contributed by atoms with Crippen LogP contribution in [0.25, 0.3) is 22.3 Å². The van der Waals surface area contributed by atoms with Crippen LogP contribution in [0.2, 0.25) is 0 Å². The van der Waals surface area contributed by atoms with Gasteiger partial charge in [-0.2, -0.15) is 9.97 Å². The number of hydrogen-bond acceptors (Lipinski definition) is 6. The summed E-state index contributed by atoms with van der Waals surface area (Å²) in [6.07, 6.45) is 9.78. The maximum absolute atomic E-state index is 5.43.